The van der Waals surface area contributed by atoms with Gasteiger partial charge in [-0.3, -0.25) is 9.80 Å². The predicted octanol–water partition coefficient (Wildman–Crippen LogP) is 4.37. The molecular weight excluding hydrogens is 404 g/mol. The third-order valence-electron chi connectivity index (χ3n) is 6.69. The Morgan fingerprint density at radius 1 is 0.875 bits per heavy atom. The summed E-state index contributed by atoms with van der Waals surface area (Å²) in [4.78, 5) is 17.9. The third kappa shape index (κ3) is 5.43. The maximum absolute atomic E-state index is 12.8. The number of piperazine rings is 1. The number of para-hydroxylation sites is 1. The Morgan fingerprint density at radius 3 is 2.31 bits per heavy atom. The summed E-state index contributed by atoms with van der Waals surface area (Å²) in [6.07, 6.45) is 6.87. The zero-order chi connectivity index (χ0) is 22.3. The fourth-order valence-corrected chi connectivity index (χ4v) is 4.83. The summed E-state index contributed by atoms with van der Waals surface area (Å²) < 4.78 is 16.4. The molecule has 2 aromatic rings. The molecule has 1 saturated carbocycles. The molecule has 0 spiro atoms. The molecule has 6 heteroatoms. The Kier molecular flexibility index (Phi) is 7.66. The second kappa shape index (κ2) is 10.8. The number of hydrogen-bond acceptors (Lipinski definition) is 6. The highest BCUT2D eigenvalue weighted by Crippen LogP contribution is 2.29. The average molecular weight is 439 g/mol. The first-order valence-corrected chi connectivity index (χ1v) is 11.7. The van der Waals surface area contributed by atoms with E-state index in [2.05, 4.69) is 9.80 Å². The number of carbonyl (C=O) groups is 1. The van der Waals surface area contributed by atoms with E-state index in [1.807, 2.05) is 24.3 Å². The van der Waals surface area contributed by atoms with Gasteiger partial charge in [-0.05, 0) is 37.1 Å². The van der Waals surface area contributed by atoms with E-state index in [0.717, 1.165) is 44.3 Å². The van der Waals surface area contributed by atoms with Gasteiger partial charge >= 0.3 is 5.97 Å². The second-order valence-electron chi connectivity index (χ2n) is 8.67. The van der Waals surface area contributed by atoms with E-state index in [1.165, 1.54) is 32.1 Å². The Morgan fingerprint density at radius 2 is 1.59 bits per heavy atom. The molecule has 2 aromatic carbocycles. The first kappa shape index (κ1) is 22.6. The lowest BCUT2D eigenvalue weighted by molar-refractivity contribution is 0.0704. The van der Waals surface area contributed by atoms with Crippen LogP contribution in [0.5, 0.6) is 17.2 Å². The number of esters is 1. The van der Waals surface area contributed by atoms with Gasteiger partial charge in [0.25, 0.3) is 0 Å². The Hall–Kier alpha value is -2.57. The molecule has 1 aliphatic heterocycles. The zero-order valence-corrected chi connectivity index (χ0v) is 19.2. The van der Waals surface area contributed by atoms with Crippen molar-refractivity contribution < 1.29 is 19.0 Å². The number of benzene rings is 2. The molecule has 32 heavy (non-hydrogen) atoms. The minimum Gasteiger partial charge on any atom is -0.493 e. The zero-order valence-electron chi connectivity index (χ0n) is 19.2. The molecule has 0 aromatic heterocycles. The van der Waals surface area contributed by atoms with E-state index in [4.69, 9.17) is 14.2 Å². The van der Waals surface area contributed by atoms with Crippen molar-refractivity contribution >= 4 is 5.97 Å². The second-order valence-corrected chi connectivity index (χ2v) is 8.67. The van der Waals surface area contributed by atoms with Crippen LogP contribution in [0, 0.1) is 0 Å². The summed E-state index contributed by atoms with van der Waals surface area (Å²) in [5.74, 6) is 1.30. The Bertz CT molecular complexity index is 902. The van der Waals surface area contributed by atoms with Crippen molar-refractivity contribution in [2.24, 2.45) is 0 Å². The summed E-state index contributed by atoms with van der Waals surface area (Å²) >= 11 is 0. The molecular formula is C26H34N2O4. The van der Waals surface area contributed by atoms with E-state index in [-0.39, 0.29) is 0 Å². The van der Waals surface area contributed by atoms with E-state index in [1.54, 1.807) is 32.4 Å². The summed E-state index contributed by atoms with van der Waals surface area (Å²) in [6, 6.07) is 13.7. The van der Waals surface area contributed by atoms with Crippen LogP contribution < -0.4 is 14.2 Å². The van der Waals surface area contributed by atoms with Crippen LogP contribution in [-0.2, 0) is 6.54 Å². The van der Waals surface area contributed by atoms with Crippen molar-refractivity contribution in [1.82, 2.24) is 9.80 Å². The summed E-state index contributed by atoms with van der Waals surface area (Å²) in [7, 11) is 3.12. The fraction of sp³-hybridized carbons (Fsp3) is 0.500. The summed E-state index contributed by atoms with van der Waals surface area (Å²) in [6.45, 7) is 5.13. The molecule has 172 valence electrons. The molecule has 0 N–H and O–H groups in total. The number of ether oxygens (including phenoxy) is 3. The lowest BCUT2D eigenvalue weighted by Gasteiger charge is -2.40. The van der Waals surface area contributed by atoms with Crippen molar-refractivity contribution in [3.05, 3.63) is 53.6 Å². The molecule has 2 aliphatic rings. The van der Waals surface area contributed by atoms with Gasteiger partial charge < -0.3 is 14.2 Å². The van der Waals surface area contributed by atoms with Gasteiger partial charge in [-0.2, -0.15) is 0 Å². The highest BCUT2D eigenvalue weighted by molar-refractivity contribution is 5.92. The number of nitrogens with zero attached hydrogens (tertiary/aromatic N) is 2. The van der Waals surface area contributed by atoms with E-state index < -0.39 is 5.97 Å². The summed E-state index contributed by atoms with van der Waals surface area (Å²) in [5, 5.41) is 0. The van der Waals surface area contributed by atoms with Crippen molar-refractivity contribution in [2.45, 2.75) is 44.7 Å². The largest absolute Gasteiger partial charge is 0.493 e. The number of methoxy groups -OCH3 is 2. The van der Waals surface area contributed by atoms with Gasteiger partial charge in [-0.25, -0.2) is 4.79 Å². The van der Waals surface area contributed by atoms with Gasteiger partial charge in [0.05, 0.1) is 19.8 Å². The van der Waals surface area contributed by atoms with Crippen LogP contribution in [0.2, 0.25) is 0 Å². The monoisotopic (exact) mass is 438 g/mol. The molecule has 1 saturated heterocycles. The van der Waals surface area contributed by atoms with Gasteiger partial charge in [0.2, 0.25) is 0 Å². The molecule has 0 atom stereocenters. The van der Waals surface area contributed by atoms with Crippen LogP contribution in [-0.4, -0.2) is 62.2 Å². The smallest absolute Gasteiger partial charge is 0.343 e. The van der Waals surface area contributed by atoms with Crippen LogP contribution in [0.25, 0.3) is 0 Å². The summed E-state index contributed by atoms with van der Waals surface area (Å²) in [5.41, 5.74) is 1.46. The minimum absolute atomic E-state index is 0.402. The van der Waals surface area contributed by atoms with Crippen molar-refractivity contribution in [3.8, 4) is 17.2 Å². The maximum atomic E-state index is 12.8. The van der Waals surface area contributed by atoms with Crippen LogP contribution in [0.15, 0.2) is 42.5 Å². The van der Waals surface area contributed by atoms with Gasteiger partial charge in [-0.15, -0.1) is 0 Å². The molecule has 6 nitrogen and oxygen atoms in total. The molecule has 0 bridgehead atoms. The minimum atomic E-state index is -0.402. The van der Waals surface area contributed by atoms with E-state index in [9.17, 15) is 4.79 Å². The quantitative estimate of drug-likeness (QED) is 0.473. The topological polar surface area (TPSA) is 51.2 Å². The lowest BCUT2D eigenvalue weighted by Crippen LogP contribution is -2.50. The Balaban J connectivity index is 1.37. The molecule has 0 unspecified atom stereocenters. The average Bonchev–Trinajstić information content (AvgIpc) is 2.85. The SMILES string of the molecule is COc1ccc(C(=O)Oc2ccccc2CN2CCN(C3CCCCC3)CC2)cc1OC. The van der Waals surface area contributed by atoms with Crippen molar-refractivity contribution in [2.75, 3.05) is 40.4 Å². The van der Waals surface area contributed by atoms with Crippen molar-refractivity contribution in [3.63, 3.8) is 0 Å². The van der Waals surface area contributed by atoms with E-state index >= 15 is 0 Å². The van der Waals surface area contributed by atoms with Gasteiger partial charge in [0.15, 0.2) is 11.5 Å². The first-order chi connectivity index (χ1) is 15.7. The van der Waals surface area contributed by atoms with Crippen molar-refractivity contribution in [1.29, 1.82) is 0 Å². The fourth-order valence-electron chi connectivity index (χ4n) is 4.83. The first-order valence-electron chi connectivity index (χ1n) is 11.7. The maximum Gasteiger partial charge on any atom is 0.343 e. The van der Waals surface area contributed by atoms with E-state index in [0.29, 0.717) is 22.8 Å². The lowest BCUT2D eigenvalue weighted by atomic mass is 9.94. The normalized spacial score (nSPS) is 18.3. The van der Waals surface area contributed by atoms with Crippen LogP contribution >= 0.6 is 0 Å². The molecule has 0 amide bonds. The molecule has 0 radical (unpaired) electrons. The number of carbonyl (C=O) groups excluding carboxylic acids is 1. The molecule has 1 heterocycles. The highest BCUT2D eigenvalue weighted by atomic mass is 16.5. The third-order valence-corrected chi connectivity index (χ3v) is 6.69. The predicted molar refractivity (Wildman–Crippen MR) is 125 cm³/mol. The highest BCUT2D eigenvalue weighted by Gasteiger charge is 2.25. The molecule has 4 rings (SSSR count). The number of hydrogen-bond donors (Lipinski definition) is 0. The van der Waals surface area contributed by atoms with Gasteiger partial charge in [-0.1, -0.05) is 37.5 Å². The van der Waals surface area contributed by atoms with Crippen LogP contribution in [0.3, 0.4) is 0 Å². The Labute approximate surface area is 191 Å². The van der Waals surface area contributed by atoms with Gasteiger partial charge in [0, 0.05) is 44.3 Å². The molecule has 1 aliphatic carbocycles. The number of rotatable bonds is 7. The molecule has 2 fully saturated rings. The van der Waals surface area contributed by atoms with Crippen LogP contribution in [0.1, 0.15) is 48.0 Å². The standard InChI is InChI=1S/C26H34N2O4/c1-30-24-13-12-20(18-25(24)31-2)26(29)32-23-11-7-6-8-21(23)19-27-14-16-28(17-15-27)22-9-4-3-5-10-22/h6-8,11-13,18,22H,3-5,9-10,14-17,19H2,1-2H3. The van der Waals surface area contributed by atoms with Crippen LogP contribution in [0.4, 0.5) is 0 Å². The van der Waals surface area contributed by atoms with Gasteiger partial charge in [0.1, 0.15) is 5.75 Å².